The zero-order chi connectivity index (χ0) is 11.7. The predicted molar refractivity (Wildman–Crippen MR) is 57.2 cm³/mol. The van der Waals surface area contributed by atoms with E-state index in [1.165, 1.54) is 18.2 Å². The lowest BCUT2D eigenvalue weighted by atomic mass is 10.1. The van der Waals surface area contributed by atoms with Gasteiger partial charge in [-0.05, 0) is 12.1 Å². The van der Waals surface area contributed by atoms with E-state index in [-0.39, 0.29) is 16.5 Å². The highest BCUT2D eigenvalue weighted by Gasteiger charge is 2.05. The second-order valence-corrected chi connectivity index (χ2v) is 3.19. The zero-order valence-electron chi connectivity index (χ0n) is 8.02. The van der Waals surface area contributed by atoms with Gasteiger partial charge in [0.2, 0.25) is 0 Å². The molecular weight excluding hydrogens is 208 g/mol. The van der Waals surface area contributed by atoms with Crippen LogP contribution in [0.25, 0.3) is 10.9 Å². The standard InChI is InChI=1S/C11H6N2O3/c12-5-6-2-1-3-7-8(14)4-9(15)11(16)13-10(6)7/h1-4,15H,(H,13,16). The minimum absolute atomic E-state index is 0.139. The monoisotopic (exact) mass is 214 g/mol. The molecule has 78 valence electrons. The maximum Gasteiger partial charge on any atom is 0.290 e. The summed E-state index contributed by atoms with van der Waals surface area (Å²) in [6, 6.07) is 7.20. The fourth-order valence-electron chi connectivity index (χ4n) is 1.43. The topological polar surface area (TPSA) is 93.9 Å². The van der Waals surface area contributed by atoms with Crippen molar-refractivity contribution < 1.29 is 5.11 Å². The minimum Gasteiger partial charge on any atom is -0.503 e. The molecule has 1 heterocycles. The molecule has 16 heavy (non-hydrogen) atoms. The lowest BCUT2D eigenvalue weighted by molar-refractivity contribution is 0.468. The third kappa shape index (κ3) is 1.42. The number of aromatic hydroxyl groups is 1. The maximum absolute atomic E-state index is 11.6. The summed E-state index contributed by atoms with van der Waals surface area (Å²) in [4.78, 5) is 25.2. The van der Waals surface area contributed by atoms with Gasteiger partial charge in [-0.25, -0.2) is 0 Å². The van der Waals surface area contributed by atoms with Crippen molar-refractivity contribution in [2.45, 2.75) is 0 Å². The second-order valence-electron chi connectivity index (χ2n) is 3.19. The van der Waals surface area contributed by atoms with Crippen LogP contribution in [0.15, 0.2) is 33.9 Å². The summed E-state index contributed by atoms with van der Waals surface area (Å²) < 4.78 is 0. The van der Waals surface area contributed by atoms with Crippen LogP contribution in [0.4, 0.5) is 0 Å². The quantitative estimate of drug-likeness (QED) is 0.666. The van der Waals surface area contributed by atoms with E-state index >= 15 is 0 Å². The van der Waals surface area contributed by atoms with Crippen molar-refractivity contribution >= 4 is 10.9 Å². The largest absolute Gasteiger partial charge is 0.503 e. The van der Waals surface area contributed by atoms with Crippen LogP contribution in [0.2, 0.25) is 0 Å². The van der Waals surface area contributed by atoms with Gasteiger partial charge in [0.05, 0.1) is 11.1 Å². The first-order valence-electron chi connectivity index (χ1n) is 4.43. The van der Waals surface area contributed by atoms with Crippen LogP contribution in [0.3, 0.4) is 0 Å². The number of benzene rings is 1. The van der Waals surface area contributed by atoms with E-state index in [2.05, 4.69) is 4.98 Å². The number of aromatic amines is 1. The van der Waals surface area contributed by atoms with Gasteiger partial charge >= 0.3 is 0 Å². The maximum atomic E-state index is 11.6. The Morgan fingerprint density at radius 1 is 1.31 bits per heavy atom. The van der Waals surface area contributed by atoms with Crippen LogP contribution in [-0.4, -0.2) is 10.1 Å². The third-order valence-corrected chi connectivity index (χ3v) is 2.19. The fourth-order valence-corrected chi connectivity index (χ4v) is 1.43. The number of H-pyrrole nitrogens is 1. The molecule has 0 saturated carbocycles. The highest BCUT2D eigenvalue weighted by atomic mass is 16.3. The zero-order valence-corrected chi connectivity index (χ0v) is 8.02. The number of rotatable bonds is 0. The summed E-state index contributed by atoms with van der Waals surface area (Å²) >= 11 is 0. The molecule has 2 aromatic rings. The van der Waals surface area contributed by atoms with E-state index in [0.717, 1.165) is 6.07 Å². The molecule has 1 aromatic heterocycles. The molecule has 0 unspecified atom stereocenters. The first kappa shape index (κ1) is 9.93. The van der Waals surface area contributed by atoms with Crippen molar-refractivity contribution in [3.05, 3.63) is 50.4 Å². The molecule has 0 atom stereocenters. The van der Waals surface area contributed by atoms with E-state index < -0.39 is 16.7 Å². The summed E-state index contributed by atoms with van der Waals surface area (Å²) in [6.45, 7) is 0. The molecule has 0 aliphatic rings. The number of nitrogens with one attached hydrogen (secondary N) is 1. The number of nitrogens with zero attached hydrogens (tertiary/aromatic N) is 1. The number of para-hydroxylation sites is 1. The van der Waals surface area contributed by atoms with Gasteiger partial charge in [0, 0.05) is 11.5 Å². The number of aromatic nitrogens is 1. The summed E-state index contributed by atoms with van der Waals surface area (Å²) in [5, 5.41) is 18.2. The van der Waals surface area contributed by atoms with Crippen LogP contribution in [0.5, 0.6) is 5.75 Å². The van der Waals surface area contributed by atoms with Crippen molar-refractivity contribution in [1.29, 1.82) is 5.26 Å². The summed E-state index contributed by atoms with van der Waals surface area (Å²) in [5.41, 5.74) is -0.986. The first-order valence-corrected chi connectivity index (χ1v) is 4.43. The Kier molecular flexibility index (Phi) is 2.18. The molecule has 0 bridgehead atoms. The molecule has 0 radical (unpaired) electrons. The van der Waals surface area contributed by atoms with E-state index in [4.69, 9.17) is 5.26 Å². The van der Waals surface area contributed by atoms with Crippen molar-refractivity contribution in [2.24, 2.45) is 0 Å². The number of hydrogen-bond donors (Lipinski definition) is 2. The third-order valence-electron chi connectivity index (χ3n) is 2.19. The Balaban J connectivity index is 3.18. The van der Waals surface area contributed by atoms with Crippen LogP contribution < -0.4 is 11.0 Å². The van der Waals surface area contributed by atoms with E-state index in [1.54, 1.807) is 0 Å². The average Bonchev–Trinajstić information content (AvgIpc) is 2.38. The molecule has 0 saturated heterocycles. The van der Waals surface area contributed by atoms with Gasteiger partial charge in [-0.1, -0.05) is 6.07 Å². The molecule has 1 aromatic carbocycles. The molecule has 5 nitrogen and oxygen atoms in total. The van der Waals surface area contributed by atoms with Gasteiger partial charge in [0.25, 0.3) is 5.56 Å². The summed E-state index contributed by atoms with van der Waals surface area (Å²) in [6.07, 6.45) is 0. The smallest absolute Gasteiger partial charge is 0.290 e. The second kappa shape index (κ2) is 3.51. The summed E-state index contributed by atoms with van der Waals surface area (Å²) in [7, 11) is 0. The molecular formula is C11H6N2O3. The van der Waals surface area contributed by atoms with E-state index in [1.807, 2.05) is 6.07 Å². The SMILES string of the molecule is N#Cc1cccc2c(=O)cc(O)c(=O)[nH]c12. The van der Waals surface area contributed by atoms with Gasteiger partial charge in [0.15, 0.2) is 11.2 Å². The molecule has 0 amide bonds. The predicted octanol–water partition coefficient (Wildman–Crippen LogP) is 0.466. The van der Waals surface area contributed by atoms with Crippen LogP contribution >= 0.6 is 0 Å². The van der Waals surface area contributed by atoms with Gasteiger partial charge in [-0.3, -0.25) is 9.59 Å². The lowest BCUT2D eigenvalue weighted by Crippen LogP contribution is -2.00. The molecule has 0 aliphatic carbocycles. The molecule has 2 N–H and O–H groups in total. The number of nitriles is 1. The fraction of sp³-hybridized carbons (Fsp3) is 0. The first-order chi connectivity index (χ1) is 7.63. The van der Waals surface area contributed by atoms with Crippen molar-refractivity contribution in [3.8, 4) is 11.8 Å². The van der Waals surface area contributed by atoms with Crippen molar-refractivity contribution in [2.75, 3.05) is 0 Å². The van der Waals surface area contributed by atoms with Gasteiger partial charge in [-0.15, -0.1) is 0 Å². The Morgan fingerprint density at radius 3 is 2.75 bits per heavy atom. The molecule has 0 fully saturated rings. The van der Waals surface area contributed by atoms with Gasteiger partial charge in [0.1, 0.15) is 6.07 Å². The van der Waals surface area contributed by atoms with Gasteiger partial charge in [-0.2, -0.15) is 5.26 Å². The highest BCUT2D eigenvalue weighted by Crippen LogP contribution is 2.11. The van der Waals surface area contributed by atoms with Crippen molar-refractivity contribution in [1.82, 2.24) is 4.98 Å². The van der Waals surface area contributed by atoms with E-state index in [9.17, 15) is 14.7 Å². The van der Waals surface area contributed by atoms with Crippen LogP contribution in [0.1, 0.15) is 5.56 Å². The Labute approximate surface area is 89.2 Å². The summed E-state index contributed by atoms with van der Waals surface area (Å²) in [5.74, 6) is -0.662. The molecule has 5 heteroatoms. The highest BCUT2D eigenvalue weighted by molar-refractivity contribution is 5.83. The van der Waals surface area contributed by atoms with Gasteiger partial charge < -0.3 is 10.1 Å². The Bertz CT molecular complexity index is 726. The van der Waals surface area contributed by atoms with Crippen LogP contribution in [0, 0.1) is 11.3 Å². The van der Waals surface area contributed by atoms with Crippen molar-refractivity contribution in [3.63, 3.8) is 0 Å². The molecule has 2 rings (SSSR count). The van der Waals surface area contributed by atoms with E-state index in [0.29, 0.717) is 0 Å². The molecule has 0 spiro atoms. The lowest BCUT2D eigenvalue weighted by Gasteiger charge is -1.92. The Morgan fingerprint density at radius 2 is 2.06 bits per heavy atom. The Hall–Kier alpha value is -2.61. The van der Waals surface area contributed by atoms with Crippen LogP contribution in [-0.2, 0) is 0 Å². The number of fused-ring (bicyclic) bond motifs is 1. The number of hydrogen-bond acceptors (Lipinski definition) is 4. The minimum atomic E-state index is -0.796. The average molecular weight is 214 g/mol. The normalized spacial score (nSPS) is 9.94. The molecule has 0 aliphatic heterocycles.